The molecule has 1 saturated heterocycles. The van der Waals surface area contributed by atoms with Gasteiger partial charge in [-0.05, 0) is 24.3 Å². The van der Waals surface area contributed by atoms with Gasteiger partial charge in [0.25, 0.3) is 0 Å². The van der Waals surface area contributed by atoms with E-state index in [0.717, 1.165) is 9.83 Å². The van der Waals surface area contributed by atoms with Crippen LogP contribution >= 0.6 is 11.3 Å². The van der Waals surface area contributed by atoms with Crippen LogP contribution in [0.4, 0.5) is 15.2 Å². The fourth-order valence-corrected chi connectivity index (χ4v) is 3.97. The third-order valence-corrected chi connectivity index (χ3v) is 5.63. The van der Waals surface area contributed by atoms with Crippen LogP contribution in [0.15, 0.2) is 36.4 Å². The second-order valence-corrected chi connectivity index (χ2v) is 7.25. The molecule has 27 heavy (non-hydrogen) atoms. The molecule has 1 N–H and O–H groups in total. The Labute approximate surface area is 159 Å². The number of anilines is 2. The van der Waals surface area contributed by atoms with E-state index in [-0.39, 0.29) is 17.6 Å². The fraction of sp³-hybridized carbons (Fsp3) is 0.263. The first-order valence-corrected chi connectivity index (χ1v) is 9.23. The summed E-state index contributed by atoms with van der Waals surface area (Å²) in [6, 6.07) is 10.2. The molecule has 0 unspecified atom stereocenters. The van der Waals surface area contributed by atoms with Gasteiger partial charge in [-0.1, -0.05) is 17.4 Å². The molecule has 0 atom stereocenters. The number of methoxy groups -OCH3 is 2. The molecule has 2 aromatic carbocycles. The van der Waals surface area contributed by atoms with E-state index in [2.05, 4.69) is 10.3 Å². The lowest BCUT2D eigenvalue weighted by Gasteiger charge is -2.38. The van der Waals surface area contributed by atoms with E-state index in [1.54, 1.807) is 38.5 Å². The highest BCUT2D eigenvalue weighted by molar-refractivity contribution is 7.22. The molecule has 1 aliphatic rings. The van der Waals surface area contributed by atoms with Crippen molar-refractivity contribution in [2.75, 3.05) is 37.5 Å². The summed E-state index contributed by atoms with van der Waals surface area (Å²) in [5.41, 5.74) is 0.983. The van der Waals surface area contributed by atoms with E-state index in [1.165, 1.54) is 17.4 Å². The molecule has 3 aromatic rings. The molecular formula is C19H18FN3O3S. The highest BCUT2D eigenvalue weighted by Gasteiger charge is 2.35. The number of carbonyl (C=O) groups excluding carboxylic acids is 1. The van der Waals surface area contributed by atoms with E-state index in [1.807, 2.05) is 11.0 Å². The van der Waals surface area contributed by atoms with Crippen molar-refractivity contribution in [3.05, 3.63) is 42.2 Å². The third kappa shape index (κ3) is 3.28. The van der Waals surface area contributed by atoms with Gasteiger partial charge in [0.2, 0.25) is 5.91 Å². The molecule has 1 amide bonds. The van der Waals surface area contributed by atoms with Gasteiger partial charge in [-0.3, -0.25) is 4.79 Å². The number of hydrogen-bond donors (Lipinski definition) is 1. The highest BCUT2D eigenvalue weighted by Crippen LogP contribution is 2.35. The number of benzene rings is 2. The van der Waals surface area contributed by atoms with Crippen LogP contribution in [0.25, 0.3) is 10.2 Å². The number of fused-ring (bicyclic) bond motifs is 1. The van der Waals surface area contributed by atoms with Crippen LogP contribution in [0.2, 0.25) is 0 Å². The molecule has 0 bridgehead atoms. The number of para-hydroxylation sites is 1. The van der Waals surface area contributed by atoms with Crippen LogP contribution in [0, 0.1) is 11.7 Å². The van der Waals surface area contributed by atoms with Gasteiger partial charge in [0.15, 0.2) is 5.13 Å². The molecule has 6 nitrogen and oxygen atoms in total. The maximum atomic E-state index is 13.8. The standard InChI is InChI=1S/C19H18FN3O3S/c1-25-12-6-7-14(15(8-12)26-2)21-18(24)11-9-23(10-11)19-22-17-13(20)4-3-5-16(17)27-19/h3-8,11H,9-10H2,1-2H3,(H,21,24). The van der Waals surface area contributed by atoms with Crippen LogP contribution in [0.5, 0.6) is 11.5 Å². The van der Waals surface area contributed by atoms with Crippen LogP contribution in [-0.2, 0) is 4.79 Å². The number of halogens is 1. The summed E-state index contributed by atoms with van der Waals surface area (Å²) in [6.07, 6.45) is 0. The Hall–Kier alpha value is -2.87. The fourth-order valence-electron chi connectivity index (χ4n) is 2.98. The minimum Gasteiger partial charge on any atom is -0.497 e. The molecule has 1 aliphatic heterocycles. The van der Waals surface area contributed by atoms with Crippen molar-refractivity contribution in [2.24, 2.45) is 5.92 Å². The Morgan fingerprint density at radius 3 is 2.78 bits per heavy atom. The molecule has 1 aromatic heterocycles. The molecule has 0 saturated carbocycles. The maximum absolute atomic E-state index is 13.8. The van der Waals surface area contributed by atoms with Crippen LogP contribution in [-0.4, -0.2) is 38.2 Å². The van der Waals surface area contributed by atoms with Crippen LogP contribution < -0.4 is 19.7 Å². The van der Waals surface area contributed by atoms with Crippen molar-refractivity contribution in [3.8, 4) is 11.5 Å². The van der Waals surface area contributed by atoms with Gasteiger partial charge in [0.05, 0.1) is 30.5 Å². The first-order valence-electron chi connectivity index (χ1n) is 8.42. The minimum atomic E-state index is -0.323. The number of hydrogen-bond acceptors (Lipinski definition) is 6. The molecule has 0 radical (unpaired) electrons. The number of carbonyl (C=O) groups is 1. The van der Waals surface area contributed by atoms with E-state index < -0.39 is 0 Å². The summed E-state index contributed by atoms with van der Waals surface area (Å²) in [6.45, 7) is 1.09. The van der Waals surface area contributed by atoms with Crippen molar-refractivity contribution in [1.82, 2.24) is 4.98 Å². The van der Waals surface area contributed by atoms with E-state index in [0.29, 0.717) is 35.8 Å². The molecule has 8 heteroatoms. The third-order valence-electron chi connectivity index (χ3n) is 4.55. The Kier molecular flexibility index (Phi) is 4.57. The molecule has 4 rings (SSSR count). The lowest BCUT2D eigenvalue weighted by atomic mass is 10.00. The predicted molar refractivity (Wildman–Crippen MR) is 103 cm³/mol. The summed E-state index contributed by atoms with van der Waals surface area (Å²) < 4.78 is 25.1. The quantitative estimate of drug-likeness (QED) is 0.726. The number of ether oxygens (including phenoxy) is 2. The summed E-state index contributed by atoms with van der Waals surface area (Å²) >= 11 is 1.43. The Morgan fingerprint density at radius 2 is 2.07 bits per heavy atom. The van der Waals surface area contributed by atoms with Crippen molar-refractivity contribution < 1.29 is 18.7 Å². The van der Waals surface area contributed by atoms with Gasteiger partial charge in [-0.15, -0.1) is 0 Å². The van der Waals surface area contributed by atoms with Crippen LogP contribution in [0.3, 0.4) is 0 Å². The summed E-state index contributed by atoms with van der Waals surface area (Å²) in [7, 11) is 3.12. The number of nitrogens with zero attached hydrogens (tertiary/aromatic N) is 2. The van der Waals surface area contributed by atoms with Gasteiger partial charge < -0.3 is 19.7 Å². The first kappa shape index (κ1) is 17.5. The molecule has 0 aliphatic carbocycles. The Balaban J connectivity index is 1.41. The smallest absolute Gasteiger partial charge is 0.231 e. The highest BCUT2D eigenvalue weighted by atomic mass is 32.1. The predicted octanol–water partition coefficient (Wildman–Crippen LogP) is 3.53. The number of nitrogens with one attached hydrogen (secondary N) is 1. The molecule has 1 fully saturated rings. The zero-order valence-electron chi connectivity index (χ0n) is 14.9. The number of thiazole rings is 1. The minimum absolute atomic E-state index is 0.0815. The molecule has 2 heterocycles. The number of rotatable bonds is 5. The molecular weight excluding hydrogens is 369 g/mol. The van der Waals surface area contributed by atoms with Gasteiger partial charge >= 0.3 is 0 Å². The number of aromatic nitrogens is 1. The van der Waals surface area contributed by atoms with Gasteiger partial charge in [-0.25, -0.2) is 9.37 Å². The van der Waals surface area contributed by atoms with Crippen molar-refractivity contribution in [3.63, 3.8) is 0 Å². The van der Waals surface area contributed by atoms with Crippen molar-refractivity contribution in [1.29, 1.82) is 0 Å². The zero-order chi connectivity index (χ0) is 19.0. The largest absolute Gasteiger partial charge is 0.497 e. The van der Waals surface area contributed by atoms with Gasteiger partial charge in [-0.2, -0.15) is 0 Å². The average molecular weight is 387 g/mol. The normalized spacial score (nSPS) is 14.1. The first-order chi connectivity index (χ1) is 13.1. The zero-order valence-corrected chi connectivity index (χ0v) is 15.7. The van der Waals surface area contributed by atoms with Crippen molar-refractivity contribution >= 4 is 38.3 Å². The average Bonchev–Trinajstić information content (AvgIpc) is 3.06. The summed E-state index contributed by atoms with van der Waals surface area (Å²) in [5, 5.41) is 3.64. The topological polar surface area (TPSA) is 63.7 Å². The second kappa shape index (κ2) is 7.03. The van der Waals surface area contributed by atoms with E-state index in [9.17, 15) is 9.18 Å². The maximum Gasteiger partial charge on any atom is 0.231 e. The van der Waals surface area contributed by atoms with E-state index in [4.69, 9.17) is 9.47 Å². The Morgan fingerprint density at radius 1 is 1.26 bits per heavy atom. The lowest BCUT2D eigenvalue weighted by molar-refractivity contribution is -0.120. The van der Waals surface area contributed by atoms with Gasteiger partial charge in [0.1, 0.15) is 22.8 Å². The van der Waals surface area contributed by atoms with Gasteiger partial charge in [0, 0.05) is 19.2 Å². The lowest BCUT2D eigenvalue weighted by Crippen LogP contribution is -2.52. The summed E-state index contributed by atoms with van der Waals surface area (Å²) in [4.78, 5) is 18.9. The number of amides is 1. The SMILES string of the molecule is COc1ccc(NC(=O)C2CN(c3nc4c(F)cccc4s3)C2)c(OC)c1. The van der Waals surface area contributed by atoms with E-state index >= 15 is 0 Å². The Bertz CT molecular complexity index is 1000. The monoisotopic (exact) mass is 387 g/mol. The molecule has 140 valence electrons. The second-order valence-electron chi connectivity index (χ2n) is 6.24. The summed E-state index contributed by atoms with van der Waals surface area (Å²) in [5.74, 6) is 0.635. The molecule has 0 spiro atoms. The van der Waals surface area contributed by atoms with Crippen LogP contribution in [0.1, 0.15) is 0 Å². The van der Waals surface area contributed by atoms with Crippen molar-refractivity contribution in [2.45, 2.75) is 0 Å².